The molecule has 122 valence electrons. The number of ether oxygens (including phenoxy) is 2. The van der Waals surface area contributed by atoms with Crippen LogP contribution in [0.1, 0.15) is 39.0 Å². The van der Waals surface area contributed by atoms with E-state index in [4.69, 9.17) is 9.47 Å². The Hall–Kier alpha value is -0.650. The Morgan fingerprint density at radius 3 is 2.90 bits per heavy atom. The van der Waals surface area contributed by atoms with Gasteiger partial charge in [-0.3, -0.25) is 9.69 Å². The van der Waals surface area contributed by atoms with Crippen LogP contribution in [0, 0.1) is 5.92 Å². The van der Waals surface area contributed by atoms with Crippen molar-refractivity contribution in [1.82, 2.24) is 10.2 Å². The highest BCUT2D eigenvalue weighted by molar-refractivity contribution is 5.81. The van der Waals surface area contributed by atoms with Crippen molar-refractivity contribution >= 4 is 5.97 Å². The van der Waals surface area contributed by atoms with Gasteiger partial charge in [-0.2, -0.15) is 0 Å². The van der Waals surface area contributed by atoms with Gasteiger partial charge in [-0.1, -0.05) is 0 Å². The molecule has 1 aliphatic heterocycles. The molecule has 0 amide bonds. The molecule has 1 heterocycles. The highest BCUT2D eigenvalue weighted by atomic mass is 16.5. The Morgan fingerprint density at radius 1 is 1.43 bits per heavy atom. The summed E-state index contributed by atoms with van der Waals surface area (Å²) >= 11 is 0. The van der Waals surface area contributed by atoms with Crippen molar-refractivity contribution in [3.05, 3.63) is 0 Å². The maximum atomic E-state index is 12.4. The molecule has 1 N–H and O–H groups in total. The fourth-order valence-electron chi connectivity index (χ4n) is 3.91. The Bertz CT molecular complexity index is 350. The largest absolute Gasteiger partial charge is 0.465 e. The van der Waals surface area contributed by atoms with E-state index >= 15 is 0 Å². The number of carbonyl (C=O) groups is 1. The third-order valence-corrected chi connectivity index (χ3v) is 5.11. The lowest BCUT2D eigenvalue weighted by molar-refractivity contribution is -0.153. The molecule has 2 aliphatic rings. The molecule has 2 rings (SSSR count). The van der Waals surface area contributed by atoms with Crippen LogP contribution in [-0.4, -0.2) is 62.9 Å². The molecular weight excluding hydrogens is 268 g/mol. The molecule has 1 saturated heterocycles. The first-order valence-electron chi connectivity index (χ1n) is 8.24. The summed E-state index contributed by atoms with van der Waals surface area (Å²) in [5, 5.41) is 3.27. The summed E-state index contributed by atoms with van der Waals surface area (Å²) in [4.78, 5) is 14.9. The standard InChI is InChI=1S/C16H30N2O3/c1-4-21-15(19)16(17-2)8-5-6-14(10-16)18-9-7-13(11-18)12-20-3/h13-14,17H,4-12H2,1-3H3. The zero-order chi connectivity index (χ0) is 15.3. The smallest absolute Gasteiger partial charge is 0.326 e. The summed E-state index contributed by atoms with van der Waals surface area (Å²) in [6, 6.07) is 0.484. The molecule has 0 aromatic rings. The number of nitrogens with zero attached hydrogens (tertiary/aromatic N) is 1. The lowest BCUT2D eigenvalue weighted by atomic mass is 9.78. The average Bonchev–Trinajstić information content (AvgIpc) is 2.96. The summed E-state index contributed by atoms with van der Waals surface area (Å²) in [6.07, 6.45) is 5.21. The van der Waals surface area contributed by atoms with Crippen molar-refractivity contribution in [3.63, 3.8) is 0 Å². The lowest BCUT2D eigenvalue weighted by Gasteiger charge is -2.42. The van der Waals surface area contributed by atoms with Gasteiger partial charge in [0.1, 0.15) is 5.54 Å². The minimum atomic E-state index is -0.488. The molecule has 5 heteroatoms. The molecule has 0 radical (unpaired) electrons. The SMILES string of the molecule is CCOC(=O)C1(NC)CCCC(N2CCC(COC)C2)C1. The van der Waals surface area contributed by atoms with Crippen molar-refractivity contribution < 1.29 is 14.3 Å². The molecule has 0 aromatic carbocycles. The normalized spacial score (nSPS) is 34.0. The summed E-state index contributed by atoms with van der Waals surface area (Å²) in [5.74, 6) is 0.563. The molecule has 3 unspecified atom stereocenters. The van der Waals surface area contributed by atoms with E-state index in [9.17, 15) is 4.79 Å². The van der Waals surface area contributed by atoms with Crippen LogP contribution in [0.4, 0.5) is 0 Å². The predicted octanol–water partition coefficient (Wildman–Crippen LogP) is 1.42. The van der Waals surface area contributed by atoms with Crippen molar-refractivity contribution in [3.8, 4) is 0 Å². The molecule has 21 heavy (non-hydrogen) atoms. The van der Waals surface area contributed by atoms with Gasteiger partial charge < -0.3 is 14.8 Å². The van der Waals surface area contributed by atoms with Gasteiger partial charge in [-0.05, 0) is 58.5 Å². The third kappa shape index (κ3) is 3.76. The number of rotatable bonds is 6. The fraction of sp³-hybridized carbons (Fsp3) is 0.938. The molecule has 5 nitrogen and oxygen atoms in total. The van der Waals surface area contributed by atoms with Gasteiger partial charge in [0, 0.05) is 19.7 Å². The minimum absolute atomic E-state index is 0.0789. The van der Waals surface area contributed by atoms with E-state index in [1.54, 1.807) is 7.11 Å². The van der Waals surface area contributed by atoms with Crippen LogP contribution >= 0.6 is 0 Å². The maximum Gasteiger partial charge on any atom is 0.326 e. The van der Waals surface area contributed by atoms with Crippen LogP contribution in [-0.2, 0) is 14.3 Å². The Balaban J connectivity index is 1.98. The number of methoxy groups -OCH3 is 1. The summed E-state index contributed by atoms with van der Waals surface area (Å²) in [6.45, 7) is 5.39. The maximum absolute atomic E-state index is 12.4. The van der Waals surface area contributed by atoms with Crippen LogP contribution in [0.15, 0.2) is 0 Å². The van der Waals surface area contributed by atoms with E-state index in [2.05, 4.69) is 10.2 Å². The Kier molecular flexibility index (Phi) is 6.02. The Morgan fingerprint density at radius 2 is 2.24 bits per heavy atom. The first-order chi connectivity index (χ1) is 10.1. The number of hydrogen-bond donors (Lipinski definition) is 1. The average molecular weight is 298 g/mol. The zero-order valence-electron chi connectivity index (χ0n) is 13.7. The molecular formula is C16H30N2O3. The van der Waals surface area contributed by atoms with Crippen molar-refractivity contribution in [2.75, 3.05) is 40.5 Å². The second-order valence-corrected chi connectivity index (χ2v) is 6.41. The highest BCUT2D eigenvalue weighted by Gasteiger charge is 2.45. The van der Waals surface area contributed by atoms with Crippen molar-refractivity contribution in [2.24, 2.45) is 5.92 Å². The van der Waals surface area contributed by atoms with Gasteiger partial charge in [-0.25, -0.2) is 0 Å². The molecule has 2 fully saturated rings. The fourth-order valence-corrected chi connectivity index (χ4v) is 3.91. The quantitative estimate of drug-likeness (QED) is 0.752. The van der Waals surface area contributed by atoms with Gasteiger partial charge in [0.2, 0.25) is 0 Å². The first-order valence-corrected chi connectivity index (χ1v) is 8.24. The number of esters is 1. The van der Waals surface area contributed by atoms with Crippen LogP contribution in [0.5, 0.6) is 0 Å². The van der Waals surface area contributed by atoms with E-state index in [0.29, 0.717) is 18.6 Å². The first kappa shape index (κ1) is 16.7. The topological polar surface area (TPSA) is 50.8 Å². The molecule has 0 bridgehead atoms. The Labute approximate surface area is 128 Å². The van der Waals surface area contributed by atoms with E-state index in [1.807, 2.05) is 14.0 Å². The zero-order valence-corrected chi connectivity index (χ0v) is 13.7. The number of likely N-dealkylation sites (tertiary alicyclic amines) is 1. The van der Waals surface area contributed by atoms with Gasteiger partial charge in [0.25, 0.3) is 0 Å². The molecule has 0 spiro atoms. The van der Waals surface area contributed by atoms with E-state index in [1.165, 1.54) is 12.8 Å². The van der Waals surface area contributed by atoms with Crippen LogP contribution in [0.2, 0.25) is 0 Å². The summed E-state index contributed by atoms with van der Waals surface area (Å²) < 4.78 is 10.6. The second kappa shape index (κ2) is 7.56. The second-order valence-electron chi connectivity index (χ2n) is 6.41. The van der Waals surface area contributed by atoms with Gasteiger partial charge in [-0.15, -0.1) is 0 Å². The summed E-state index contributed by atoms with van der Waals surface area (Å²) in [7, 11) is 3.66. The lowest BCUT2D eigenvalue weighted by Crippen LogP contribution is -2.57. The van der Waals surface area contributed by atoms with Gasteiger partial charge in [0.15, 0.2) is 0 Å². The minimum Gasteiger partial charge on any atom is -0.465 e. The summed E-state index contributed by atoms with van der Waals surface area (Å²) in [5.41, 5.74) is -0.488. The van der Waals surface area contributed by atoms with E-state index < -0.39 is 5.54 Å². The van der Waals surface area contributed by atoms with E-state index in [0.717, 1.165) is 39.0 Å². The molecule has 1 saturated carbocycles. The number of likely N-dealkylation sites (N-methyl/N-ethyl adjacent to an activating group) is 1. The van der Waals surface area contributed by atoms with E-state index in [-0.39, 0.29) is 5.97 Å². The van der Waals surface area contributed by atoms with Crippen molar-refractivity contribution in [2.45, 2.75) is 50.6 Å². The molecule has 0 aromatic heterocycles. The van der Waals surface area contributed by atoms with Crippen LogP contribution in [0.3, 0.4) is 0 Å². The number of carbonyl (C=O) groups excluding carboxylic acids is 1. The van der Waals surface area contributed by atoms with Crippen molar-refractivity contribution in [1.29, 1.82) is 0 Å². The van der Waals surface area contributed by atoms with Crippen LogP contribution in [0.25, 0.3) is 0 Å². The molecule has 1 aliphatic carbocycles. The van der Waals surface area contributed by atoms with Gasteiger partial charge in [0.05, 0.1) is 13.2 Å². The predicted molar refractivity (Wildman–Crippen MR) is 82.2 cm³/mol. The number of nitrogens with one attached hydrogen (secondary N) is 1. The van der Waals surface area contributed by atoms with Gasteiger partial charge >= 0.3 is 5.97 Å². The third-order valence-electron chi connectivity index (χ3n) is 5.11. The molecule has 3 atom stereocenters. The van der Waals surface area contributed by atoms with Crippen LogP contribution < -0.4 is 5.32 Å². The highest BCUT2D eigenvalue weighted by Crippen LogP contribution is 2.34. The monoisotopic (exact) mass is 298 g/mol. The number of hydrogen-bond acceptors (Lipinski definition) is 5.